The molecule has 0 saturated carbocycles. The molecule has 0 unspecified atom stereocenters. The molecule has 1 aromatic carbocycles. The average Bonchev–Trinajstić information content (AvgIpc) is 2.88. The number of anilines is 1. The van der Waals surface area contributed by atoms with E-state index in [1.165, 1.54) is 11.8 Å². The van der Waals surface area contributed by atoms with Crippen LogP contribution in [0.3, 0.4) is 0 Å². The average molecular weight is 300 g/mol. The van der Waals surface area contributed by atoms with E-state index in [1.807, 2.05) is 28.8 Å². The van der Waals surface area contributed by atoms with Crippen molar-refractivity contribution in [2.45, 2.75) is 10.9 Å². The highest BCUT2D eigenvalue weighted by atomic mass is 32.2. The smallest absolute Gasteiger partial charge is 0.338 e. The lowest BCUT2D eigenvalue weighted by Gasteiger charge is -2.07. The second-order valence-corrected chi connectivity index (χ2v) is 5.33. The van der Waals surface area contributed by atoms with Crippen molar-refractivity contribution in [1.82, 2.24) is 14.6 Å². The first kappa shape index (κ1) is 13.4. The molecule has 7 heteroatoms. The summed E-state index contributed by atoms with van der Waals surface area (Å²) in [6.07, 6.45) is 1.87. The van der Waals surface area contributed by atoms with Gasteiger partial charge in [0.15, 0.2) is 10.8 Å². The van der Waals surface area contributed by atoms with Gasteiger partial charge in [0.25, 0.3) is 0 Å². The van der Waals surface area contributed by atoms with Crippen molar-refractivity contribution in [3.63, 3.8) is 0 Å². The van der Waals surface area contributed by atoms with Crippen molar-refractivity contribution >= 4 is 29.1 Å². The van der Waals surface area contributed by atoms with Gasteiger partial charge in [-0.15, -0.1) is 10.2 Å². The predicted molar refractivity (Wildman–Crippen MR) is 80.4 cm³/mol. The molecule has 3 N–H and O–H groups in total. The number of carboxylic acid groups (broad SMARTS) is 1. The van der Waals surface area contributed by atoms with E-state index >= 15 is 0 Å². The Morgan fingerprint density at radius 3 is 2.90 bits per heavy atom. The minimum atomic E-state index is -1.02. The molecule has 0 aliphatic carbocycles. The van der Waals surface area contributed by atoms with Gasteiger partial charge >= 0.3 is 5.97 Å². The van der Waals surface area contributed by atoms with E-state index in [0.717, 1.165) is 5.65 Å². The zero-order valence-electron chi connectivity index (χ0n) is 10.9. The number of hydrogen-bond acceptors (Lipinski definition) is 5. The van der Waals surface area contributed by atoms with Crippen LogP contribution in [0.5, 0.6) is 0 Å². The largest absolute Gasteiger partial charge is 0.478 e. The van der Waals surface area contributed by atoms with Crippen molar-refractivity contribution < 1.29 is 9.90 Å². The van der Waals surface area contributed by atoms with Gasteiger partial charge in [0, 0.05) is 17.6 Å². The number of nitrogens with two attached hydrogens (primary N) is 1. The summed E-state index contributed by atoms with van der Waals surface area (Å²) in [6, 6.07) is 10.7. The summed E-state index contributed by atoms with van der Waals surface area (Å²) in [5.41, 5.74) is 7.58. The third kappa shape index (κ3) is 2.55. The Bertz CT molecular complexity index is 816. The van der Waals surface area contributed by atoms with Crippen molar-refractivity contribution in [2.24, 2.45) is 0 Å². The van der Waals surface area contributed by atoms with Crippen LogP contribution < -0.4 is 5.73 Å². The summed E-state index contributed by atoms with van der Waals surface area (Å²) < 4.78 is 1.86. The van der Waals surface area contributed by atoms with Gasteiger partial charge in [-0.1, -0.05) is 30.0 Å². The number of aromatic nitrogens is 3. The summed E-state index contributed by atoms with van der Waals surface area (Å²) in [5.74, 6) is -0.558. The maximum atomic E-state index is 11.3. The van der Waals surface area contributed by atoms with E-state index in [1.54, 1.807) is 18.2 Å². The molecule has 0 fully saturated rings. The highest BCUT2D eigenvalue weighted by molar-refractivity contribution is 7.98. The first-order chi connectivity index (χ1) is 10.2. The maximum absolute atomic E-state index is 11.3. The highest BCUT2D eigenvalue weighted by Gasteiger charge is 2.14. The van der Waals surface area contributed by atoms with E-state index in [-0.39, 0.29) is 11.3 Å². The number of hydrogen-bond donors (Lipinski definition) is 2. The topological polar surface area (TPSA) is 93.5 Å². The highest BCUT2D eigenvalue weighted by Crippen LogP contribution is 2.26. The molecule has 2 heterocycles. The minimum absolute atomic E-state index is 0.152. The predicted octanol–water partition coefficient (Wildman–Crippen LogP) is 2.30. The minimum Gasteiger partial charge on any atom is -0.478 e. The van der Waals surface area contributed by atoms with Crippen molar-refractivity contribution in [2.75, 3.05) is 5.73 Å². The van der Waals surface area contributed by atoms with Crippen molar-refractivity contribution in [3.8, 4) is 0 Å². The quantitative estimate of drug-likeness (QED) is 0.567. The van der Waals surface area contributed by atoms with Gasteiger partial charge in [0.2, 0.25) is 0 Å². The van der Waals surface area contributed by atoms with Crippen LogP contribution in [0, 0.1) is 0 Å². The zero-order valence-corrected chi connectivity index (χ0v) is 11.7. The number of nitrogen functional groups attached to an aromatic ring is 1. The molecule has 0 aliphatic heterocycles. The van der Waals surface area contributed by atoms with Crippen molar-refractivity contribution in [1.29, 1.82) is 0 Å². The molecule has 106 valence electrons. The normalized spacial score (nSPS) is 10.9. The molecule has 0 saturated heterocycles. The Kier molecular flexibility index (Phi) is 3.49. The van der Waals surface area contributed by atoms with Gasteiger partial charge in [-0.3, -0.25) is 4.40 Å². The van der Waals surface area contributed by atoms with Crippen molar-refractivity contribution in [3.05, 3.63) is 53.7 Å². The Labute approximate surface area is 124 Å². The summed E-state index contributed by atoms with van der Waals surface area (Å²) in [7, 11) is 0. The number of carboxylic acids is 1. The van der Waals surface area contributed by atoms with Crippen LogP contribution in [0.25, 0.3) is 5.65 Å². The van der Waals surface area contributed by atoms with E-state index in [0.29, 0.717) is 16.5 Å². The van der Waals surface area contributed by atoms with Gasteiger partial charge in [0.05, 0.1) is 5.56 Å². The first-order valence-electron chi connectivity index (χ1n) is 6.20. The van der Waals surface area contributed by atoms with Crippen LogP contribution in [0.4, 0.5) is 5.69 Å². The zero-order chi connectivity index (χ0) is 14.8. The molecule has 0 atom stereocenters. The van der Waals surface area contributed by atoms with E-state index in [2.05, 4.69) is 10.2 Å². The fourth-order valence-electron chi connectivity index (χ4n) is 2.06. The SMILES string of the molecule is Nc1cccc(CSc2nnc3ccccn23)c1C(=O)O. The van der Waals surface area contributed by atoms with Crippen LogP contribution in [0.1, 0.15) is 15.9 Å². The second kappa shape index (κ2) is 5.45. The molecule has 0 aliphatic rings. The summed E-state index contributed by atoms with van der Waals surface area (Å²) >= 11 is 1.42. The van der Waals surface area contributed by atoms with Crippen LogP contribution in [-0.4, -0.2) is 25.7 Å². The lowest BCUT2D eigenvalue weighted by Crippen LogP contribution is -2.06. The fourth-order valence-corrected chi connectivity index (χ4v) is 2.98. The van der Waals surface area contributed by atoms with Gasteiger partial charge < -0.3 is 10.8 Å². The molecular formula is C14H12N4O2S. The molecule has 6 nitrogen and oxygen atoms in total. The van der Waals surface area contributed by atoms with Gasteiger partial charge in [-0.25, -0.2) is 4.79 Å². The number of rotatable bonds is 4. The number of aromatic carboxylic acids is 1. The number of thioether (sulfide) groups is 1. The lowest BCUT2D eigenvalue weighted by molar-refractivity contribution is 0.0697. The first-order valence-corrected chi connectivity index (χ1v) is 7.18. The fraction of sp³-hybridized carbons (Fsp3) is 0.0714. The number of nitrogens with zero attached hydrogens (tertiary/aromatic N) is 3. The summed E-state index contributed by atoms with van der Waals surface area (Å²) in [5, 5.41) is 18.1. The van der Waals surface area contributed by atoms with Crippen LogP contribution in [0.15, 0.2) is 47.8 Å². The van der Waals surface area contributed by atoms with Gasteiger partial charge in [-0.2, -0.15) is 0 Å². The molecule has 0 radical (unpaired) electrons. The standard InChI is InChI=1S/C14H12N4O2S/c15-10-5-3-4-9(12(10)13(19)20)8-21-14-17-16-11-6-1-2-7-18(11)14/h1-7H,8,15H2,(H,19,20). The molecule has 0 amide bonds. The molecule has 3 aromatic rings. The monoisotopic (exact) mass is 300 g/mol. The molecule has 3 rings (SSSR count). The molecule has 0 spiro atoms. The molecule has 0 bridgehead atoms. The molecule has 21 heavy (non-hydrogen) atoms. The third-order valence-electron chi connectivity index (χ3n) is 3.04. The Morgan fingerprint density at radius 2 is 2.10 bits per heavy atom. The van der Waals surface area contributed by atoms with Gasteiger partial charge in [-0.05, 0) is 23.8 Å². The number of fused-ring (bicyclic) bond motifs is 1. The van der Waals surface area contributed by atoms with Crippen LogP contribution in [0.2, 0.25) is 0 Å². The summed E-state index contributed by atoms with van der Waals surface area (Å²) in [4.78, 5) is 11.3. The van der Waals surface area contributed by atoms with Crippen LogP contribution >= 0.6 is 11.8 Å². The molecular weight excluding hydrogens is 288 g/mol. The van der Waals surface area contributed by atoms with E-state index in [4.69, 9.17) is 5.73 Å². The Hall–Kier alpha value is -2.54. The summed E-state index contributed by atoms with van der Waals surface area (Å²) in [6.45, 7) is 0. The third-order valence-corrected chi connectivity index (χ3v) is 4.03. The molecule has 2 aromatic heterocycles. The van der Waals surface area contributed by atoms with Crippen LogP contribution in [-0.2, 0) is 5.75 Å². The van der Waals surface area contributed by atoms with E-state index < -0.39 is 5.97 Å². The number of pyridine rings is 1. The number of carbonyl (C=O) groups is 1. The number of benzene rings is 1. The van der Waals surface area contributed by atoms with Gasteiger partial charge in [0.1, 0.15) is 0 Å². The Balaban J connectivity index is 1.89. The second-order valence-electron chi connectivity index (χ2n) is 4.39. The Morgan fingerprint density at radius 1 is 1.24 bits per heavy atom. The maximum Gasteiger partial charge on any atom is 0.338 e. The van der Waals surface area contributed by atoms with E-state index in [9.17, 15) is 9.90 Å². The lowest BCUT2D eigenvalue weighted by atomic mass is 10.1.